The van der Waals surface area contributed by atoms with Gasteiger partial charge >= 0.3 is 5.97 Å². The average molecular weight is 294 g/mol. The SMILES string of the molecule is Cc1cccc(N)c1C(=O)OCc1ccc(Cl)cc1F. The molecule has 5 heteroatoms. The molecule has 104 valence electrons. The van der Waals surface area contributed by atoms with E-state index in [0.29, 0.717) is 21.8 Å². The molecule has 2 rings (SSSR count). The second-order valence-electron chi connectivity index (χ2n) is 4.35. The first-order valence-electron chi connectivity index (χ1n) is 5.95. The lowest BCUT2D eigenvalue weighted by atomic mass is 10.1. The molecule has 0 amide bonds. The number of halogens is 2. The number of nitrogens with two attached hydrogens (primary N) is 1. The number of anilines is 1. The summed E-state index contributed by atoms with van der Waals surface area (Å²) in [5.41, 5.74) is 7.37. The van der Waals surface area contributed by atoms with Crippen molar-refractivity contribution in [2.75, 3.05) is 5.73 Å². The zero-order chi connectivity index (χ0) is 14.7. The van der Waals surface area contributed by atoms with Gasteiger partial charge in [-0.05, 0) is 30.7 Å². The van der Waals surface area contributed by atoms with Crippen LogP contribution in [0.2, 0.25) is 5.02 Å². The van der Waals surface area contributed by atoms with Crippen molar-refractivity contribution in [1.82, 2.24) is 0 Å². The molecule has 2 N–H and O–H groups in total. The summed E-state index contributed by atoms with van der Waals surface area (Å²) in [6, 6.07) is 9.32. The number of carbonyl (C=O) groups is 1. The summed E-state index contributed by atoms with van der Waals surface area (Å²) < 4.78 is 18.7. The van der Waals surface area contributed by atoms with Crippen molar-refractivity contribution in [3.05, 3.63) is 63.9 Å². The van der Waals surface area contributed by atoms with Crippen molar-refractivity contribution < 1.29 is 13.9 Å². The fourth-order valence-electron chi connectivity index (χ4n) is 1.82. The summed E-state index contributed by atoms with van der Waals surface area (Å²) in [7, 11) is 0. The molecular formula is C15H13ClFNO2. The van der Waals surface area contributed by atoms with Gasteiger partial charge in [0.2, 0.25) is 0 Å². The van der Waals surface area contributed by atoms with E-state index in [-0.39, 0.29) is 12.2 Å². The zero-order valence-corrected chi connectivity index (χ0v) is 11.6. The molecule has 2 aromatic carbocycles. The van der Waals surface area contributed by atoms with Gasteiger partial charge in [0.1, 0.15) is 12.4 Å². The molecular weight excluding hydrogens is 281 g/mol. The van der Waals surface area contributed by atoms with Gasteiger partial charge in [0.15, 0.2) is 0 Å². The van der Waals surface area contributed by atoms with Crippen LogP contribution in [0.5, 0.6) is 0 Å². The standard InChI is InChI=1S/C15H13ClFNO2/c1-9-3-2-4-13(18)14(9)15(19)20-8-10-5-6-11(16)7-12(10)17/h2-7H,8,18H2,1H3. The van der Waals surface area contributed by atoms with Crippen LogP contribution in [0.25, 0.3) is 0 Å². The Bertz CT molecular complexity index is 638. The molecule has 0 unspecified atom stereocenters. The van der Waals surface area contributed by atoms with Crippen LogP contribution in [0.1, 0.15) is 21.5 Å². The molecule has 0 atom stereocenters. The second-order valence-corrected chi connectivity index (χ2v) is 4.79. The second kappa shape index (κ2) is 5.92. The summed E-state index contributed by atoms with van der Waals surface area (Å²) in [5.74, 6) is -1.09. The highest BCUT2D eigenvalue weighted by molar-refractivity contribution is 6.30. The quantitative estimate of drug-likeness (QED) is 0.693. The minimum atomic E-state index is -0.574. The number of hydrogen-bond acceptors (Lipinski definition) is 3. The highest BCUT2D eigenvalue weighted by atomic mass is 35.5. The number of nitrogen functional groups attached to an aromatic ring is 1. The van der Waals surface area contributed by atoms with Crippen LogP contribution < -0.4 is 5.73 Å². The topological polar surface area (TPSA) is 52.3 Å². The molecule has 0 aromatic heterocycles. The van der Waals surface area contributed by atoms with E-state index in [9.17, 15) is 9.18 Å². The van der Waals surface area contributed by atoms with Crippen LogP contribution in [0, 0.1) is 12.7 Å². The number of rotatable bonds is 3. The summed E-state index contributed by atoms with van der Waals surface area (Å²) in [5, 5.41) is 0.292. The predicted octanol–water partition coefficient (Wildman–Crippen LogP) is 3.73. The normalized spacial score (nSPS) is 10.3. The van der Waals surface area contributed by atoms with Crippen molar-refractivity contribution in [3.63, 3.8) is 0 Å². The Morgan fingerprint density at radius 1 is 1.35 bits per heavy atom. The molecule has 0 bridgehead atoms. The third-order valence-electron chi connectivity index (χ3n) is 2.88. The Morgan fingerprint density at radius 2 is 2.10 bits per heavy atom. The monoisotopic (exact) mass is 293 g/mol. The summed E-state index contributed by atoms with van der Waals surface area (Å²) in [6.07, 6.45) is 0. The van der Waals surface area contributed by atoms with Crippen LogP contribution in [0.4, 0.5) is 10.1 Å². The number of benzene rings is 2. The third kappa shape index (κ3) is 3.08. The van der Waals surface area contributed by atoms with Crippen molar-refractivity contribution in [2.45, 2.75) is 13.5 Å². The van der Waals surface area contributed by atoms with Gasteiger partial charge in [-0.15, -0.1) is 0 Å². The minimum Gasteiger partial charge on any atom is -0.457 e. The van der Waals surface area contributed by atoms with E-state index >= 15 is 0 Å². The summed E-state index contributed by atoms with van der Waals surface area (Å²) in [6.45, 7) is 1.59. The maximum Gasteiger partial charge on any atom is 0.340 e. The lowest BCUT2D eigenvalue weighted by Crippen LogP contribution is -2.10. The summed E-state index contributed by atoms with van der Waals surface area (Å²) in [4.78, 5) is 12.0. The molecule has 0 aliphatic rings. The number of ether oxygens (including phenoxy) is 1. The smallest absolute Gasteiger partial charge is 0.340 e. The maximum atomic E-state index is 13.6. The van der Waals surface area contributed by atoms with Crippen LogP contribution in [0.3, 0.4) is 0 Å². The molecule has 20 heavy (non-hydrogen) atoms. The van der Waals surface area contributed by atoms with Gasteiger partial charge in [-0.3, -0.25) is 0 Å². The van der Waals surface area contributed by atoms with Crippen LogP contribution in [-0.2, 0) is 11.3 Å². The Kier molecular flexibility index (Phi) is 4.25. The molecule has 0 radical (unpaired) electrons. The average Bonchev–Trinajstić information content (AvgIpc) is 2.37. The molecule has 0 aliphatic heterocycles. The van der Waals surface area contributed by atoms with E-state index in [1.54, 1.807) is 25.1 Å². The van der Waals surface area contributed by atoms with E-state index in [0.717, 1.165) is 0 Å². The van der Waals surface area contributed by atoms with Gasteiger partial charge in [-0.2, -0.15) is 0 Å². The van der Waals surface area contributed by atoms with E-state index in [1.165, 1.54) is 18.2 Å². The molecule has 2 aromatic rings. The minimum absolute atomic E-state index is 0.171. The van der Waals surface area contributed by atoms with Gasteiger partial charge < -0.3 is 10.5 Å². The number of hydrogen-bond donors (Lipinski definition) is 1. The first kappa shape index (κ1) is 14.3. The first-order valence-corrected chi connectivity index (χ1v) is 6.33. The van der Waals surface area contributed by atoms with E-state index in [4.69, 9.17) is 22.1 Å². The molecule has 3 nitrogen and oxygen atoms in total. The van der Waals surface area contributed by atoms with Crippen LogP contribution >= 0.6 is 11.6 Å². The zero-order valence-electron chi connectivity index (χ0n) is 10.8. The number of carbonyl (C=O) groups excluding carboxylic acids is 1. The van der Waals surface area contributed by atoms with E-state index in [2.05, 4.69) is 0 Å². The Labute approximate surface area is 121 Å². The highest BCUT2D eigenvalue weighted by Crippen LogP contribution is 2.19. The van der Waals surface area contributed by atoms with E-state index in [1.807, 2.05) is 0 Å². The van der Waals surface area contributed by atoms with Gasteiger partial charge in [0, 0.05) is 16.3 Å². The molecule has 0 heterocycles. The number of esters is 1. The lowest BCUT2D eigenvalue weighted by Gasteiger charge is -2.10. The molecule has 0 aliphatic carbocycles. The lowest BCUT2D eigenvalue weighted by molar-refractivity contribution is 0.0469. The van der Waals surface area contributed by atoms with Gasteiger partial charge in [-0.1, -0.05) is 29.8 Å². The molecule has 0 fully saturated rings. The van der Waals surface area contributed by atoms with Crippen molar-refractivity contribution in [3.8, 4) is 0 Å². The Hall–Kier alpha value is -2.07. The van der Waals surface area contributed by atoms with Gasteiger partial charge in [0.05, 0.1) is 5.56 Å². The molecule has 0 spiro atoms. The first-order chi connectivity index (χ1) is 9.49. The largest absolute Gasteiger partial charge is 0.457 e. The summed E-state index contributed by atoms with van der Waals surface area (Å²) >= 11 is 5.65. The fraction of sp³-hybridized carbons (Fsp3) is 0.133. The Balaban J connectivity index is 2.13. The number of aryl methyl sites for hydroxylation is 1. The van der Waals surface area contributed by atoms with Crippen molar-refractivity contribution in [2.24, 2.45) is 0 Å². The van der Waals surface area contributed by atoms with Crippen molar-refractivity contribution >= 4 is 23.3 Å². The van der Waals surface area contributed by atoms with Gasteiger partial charge in [0.25, 0.3) is 0 Å². The molecule has 0 saturated carbocycles. The Morgan fingerprint density at radius 3 is 2.75 bits per heavy atom. The fourth-order valence-corrected chi connectivity index (χ4v) is 1.98. The molecule has 0 saturated heterocycles. The third-order valence-corrected chi connectivity index (χ3v) is 3.12. The van der Waals surface area contributed by atoms with Crippen LogP contribution in [-0.4, -0.2) is 5.97 Å². The maximum absolute atomic E-state index is 13.6. The van der Waals surface area contributed by atoms with Crippen LogP contribution in [0.15, 0.2) is 36.4 Å². The van der Waals surface area contributed by atoms with E-state index < -0.39 is 11.8 Å². The highest BCUT2D eigenvalue weighted by Gasteiger charge is 2.15. The van der Waals surface area contributed by atoms with Gasteiger partial charge in [-0.25, -0.2) is 9.18 Å². The predicted molar refractivity (Wildman–Crippen MR) is 76.1 cm³/mol. The van der Waals surface area contributed by atoms with Crippen molar-refractivity contribution in [1.29, 1.82) is 0 Å².